The molecule has 0 radical (unpaired) electrons. The number of anilines is 1. The summed E-state index contributed by atoms with van der Waals surface area (Å²) in [5.41, 5.74) is 3.48. The molecule has 0 aliphatic rings. The second kappa shape index (κ2) is 10.7. The van der Waals surface area contributed by atoms with Crippen molar-refractivity contribution in [1.29, 1.82) is 0 Å². The van der Waals surface area contributed by atoms with Crippen LogP contribution in [0.25, 0.3) is 11.1 Å². The molecule has 7 nitrogen and oxygen atoms in total. The molecule has 3 N–H and O–H groups in total. The van der Waals surface area contributed by atoms with Crippen LogP contribution in [0.4, 0.5) is 5.69 Å². The van der Waals surface area contributed by atoms with Gasteiger partial charge in [0.1, 0.15) is 17.1 Å². The normalized spacial score (nSPS) is 10.8. The summed E-state index contributed by atoms with van der Waals surface area (Å²) in [5, 5.41) is 21.9. The molecule has 1 amide bonds. The summed E-state index contributed by atoms with van der Waals surface area (Å²) in [6, 6.07) is 16.9. The van der Waals surface area contributed by atoms with E-state index in [0.29, 0.717) is 16.8 Å². The quantitative estimate of drug-likeness (QED) is 0.445. The summed E-state index contributed by atoms with van der Waals surface area (Å²) in [6.07, 6.45) is 1.77. The molecule has 0 aliphatic carbocycles. The van der Waals surface area contributed by atoms with E-state index >= 15 is 0 Å². The summed E-state index contributed by atoms with van der Waals surface area (Å²) in [4.78, 5) is 26.0. The number of benzene rings is 3. The number of aromatic hydroxyl groups is 1. The zero-order valence-electron chi connectivity index (χ0n) is 19.0. The number of hydrogen-bond acceptors (Lipinski definition) is 5. The van der Waals surface area contributed by atoms with Gasteiger partial charge in [-0.2, -0.15) is 0 Å². The van der Waals surface area contributed by atoms with Gasteiger partial charge in [-0.05, 0) is 92.6 Å². The molecule has 0 fully saturated rings. The van der Waals surface area contributed by atoms with Crippen molar-refractivity contribution >= 4 is 17.6 Å². The lowest BCUT2D eigenvalue weighted by atomic mass is 10.0. The molecule has 0 aromatic heterocycles. The number of hydrogen-bond donors (Lipinski definition) is 3. The van der Waals surface area contributed by atoms with E-state index in [1.54, 1.807) is 43.5 Å². The van der Waals surface area contributed by atoms with Crippen LogP contribution in [0.15, 0.2) is 60.7 Å². The summed E-state index contributed by atoms with van der Waals surface area (Å²) in [5.74, 6) is -0.927. The Bertz CT molecular complexity index is 1140. The van der Waals surface area contributed by atoms with Crippen molar-refractivity contribution in [2.75, 3.05) is 33.1 Å². The van der Waals surface area contributed by atoms with E-state index in [2.05, 4.69) is 10.2 Å². The lowest BCUT2D eigenvalue weighted by Crippen LogP contribution is -2.14. The third kappa shape index (κ3) is 6.11. The first kappa shape index (κ1) is 23.8. The first-order valence-corrected chi connectivity index (χ1v) is 10.6. The summed E-state index contributed by atoms with van der Waals surface area (Å²) in [7, 11) is 5.68. The van der Waals surface area contributed by atoms with Crippen LogP contribution in [0.5, 0.6) is 11.5 Å². The minimum Gasteiger partial charge on any atom is -0.507 e. The van der Waals surface area contributed by atoms with E-state index < -0.39 is 5.97 Å². The van der Waals surface area contributed by atoms with Gasteiger partial charge in [-0.15, -0.1) is 0 Å². The van der Waals surface area contributed by atoms with E-state index in [-0.39, 0.29) is 17.2 Å². The van der Waals surface area contributed by atoms with Gasteiger partial charge in [-0.25, -0.2) is 4.79 Å². The van der Waals surface area contributed by atoms with Crippen LogP contribution in [-0.4, -0.2) is 54.7 Å². The average molecular weight is 449 g/mol. The molecule has 0 heterocycles. The number of phenols is 1. The van der Waals surface area contributed by atoms with Gasteiger partial charge in [0.05, 0.1) is 7.11 Å². The maximum absolute atomic E-state index is 12.8. The van der Waals surface area contributed by atoms with E-state index in [0.717, 1.165) is 36.3 Å². The zero-order valence-corrected chi connectivity index (χ0v) is 19.0. The molecular formula is C26H28N2O5. The van der Waals surface area contributed by atoms with Gasteiger partial charge in [-0.3, -0.25) is 4.79 Å². The summed E-state index contributed by atoms with van der Waals surface area (Å²) >= 11 is 0. The molecule has 0 atom stereocenters. The van der Waals surface area contributed by atoms with Crippen molar-refractivity contribution in [3.05, 3.63) is 77.4 Å². The Hall–Kier alpha value is -3.84. The molecule has 33 heavy (non-hydrogen) atoms. The minimum atomic E-state index is -1.18. The van der Waals surface area contributed by atoms with Crippen molar-refractivity contribution in [2.45, 2.75) is 12.8 Å². The van der Waals surface area contributed by atoms with Gasteiger partial charge in [0.25, 0.3) is 5.91 Å². The smallest absolute Gasteiger partial charge is 0.339 e. The van der Waals surface area contributed by atoms with Gasteiger partial charge in [0.15, 0.2) is 0 Å². The number of aryl methyl sites for hydroxylation is 1. The number of rotatable bonds is 9. The number of nitrogens with zero attached hydrogens (tertiary/aromatic N) is 1. The van der Waals surface area contributed by atoms with E-state index in [4.69, 9.17) is 9.84 Å². The third-order valence-corrected chi connectivity index (χ3v) is 5.30. The molecule has 0 unspecified atom stereocenters. The number of nitrogens with one attached hydrogen (secondary N) is 1. The van der Waals surface area contributed by atoms with Crippen molar-refractivity contribution in [3.63, 3.8) is 0 Å². The molecule has 0 aliphatic heterocycles. The monoisotopic (exact) mass is 448 g/mol. The van der Waals surface area contributed by atoms with Gasteiger partial charge < -0.3 is 25.2 Å². The second-order valence-electron chi connectivity index (χ2n) is 8.00. The number of carbonyl (C=O) groups is 2. The van der Waals surface area contributed by atoms with Crippen LogP contribution in [0, 0.1) is 0 Å². The molecule has 0 spiro atoms. The van der Waals surface area contributed by atoms with Crippen molar-refractivity contribution in [3.8, 4) is 22.6 Å². The van der Waals surface area contributed by atoms with Crippen LogP contribution in [0.1, 0.15) is 32.7 Å². The molecule has 0 saturated heterocycles. The topological polar surface area (TPSA) is 99.1 Å². The number of methoxy groups -OCH3 is 1. The fourth-order valence-corrected chi connectivity index (χ4v) is 3.54. The van der Waals surface area contributed by atoms with Crippen molar-refractivity contribution in [1.82, 2.24) is 4.90 Å². The highest BCUT2D eigenvalue weighted by atomic mass is 16.5. The standard InChI is InChI=1S/C26H28N2O5/c1-28(2)14-4-5-19-15-20(9-13-24(19)33-3)25(30)27-21-10-6-17(7-11-21)18-8-12-22(26(31)32)23(29)16-18/h6-13,15-16,29H,4-5,14H2,1-3H3,(H,27,30)(H,31,32). The van der Waals surface area contributed by atoms with Crippen LogP contribution < -0.4 is 10.1 Å². The average Bonchev–Trinajstić information content (AvgIpc) is 2.79. The highest BCUT2D eigenvalue weighted by Gasteiger charge is 2.13. The van der Waals surface area contributed by atoms with Crippen molar-refractivity contribution < 1.29 is 24.5 Å². The molecular weight excluding hydrogens is 420 g/mol. The first-order valence-electron chi connectivity index (χ1n) is 10.6. The number of carboxylic acid groups (broad SMARTS) is 1. The first-order chi connectivity index (χ1) is 15.8. The molecule has 0 saturated carbocycles. The van der Waals surface area contributed by atoms with Crippen LogP contribution in [0.3, 0.4) is 0 Å². The van der Waals surface area contributed by atoms with Gasteiger partial charge in [-0.1, -0.05) is 18.2 Å². The van der Waals surface area contributed by atoms with E-state index in [9.17, 15) is 14.7 Å². The molecule has 3 aromatic rings. The summed E-state index contributed by atoms with van der Waals surface area (Å²) < 4.78 is 5.44. The predicted octanol–water partition coefficient (Wildman–Crippen LogP) is 4.51. The molecule has 172 valence electrons. The lowest BCUT2D eigenvalue weighted by molar-refractivity contribution is 0.0693. The van der Waals surface area contributed by atoms with E-state index in [1.807, 2.05) is 26.2 Å². The Labute approximate surface area is 193 Å². The van der Waals surface area contributed by atoms with Gasteiger partial charge in [0, 0.05) is 11.3 Å². The molecule has 7 heteroatoms. The number of carbonyl (C=O) groups excluding carboxylic acids is 1. The number of ether oxygens (including phenoxy) is 1. The molecule has 3 rings (SSSR count). The fourth-order valence-electron chi connectivity index (χ4n) is 3.54. The lowest BCUT2D eigenvalue weighted by Gasteiger charge is -2.13. The van der Waals surface area contributed by atoms with Crippen LogP contribution in [0.2, 0.25) is 0 Å². The Kier molecular flexibility index (Phi) is 7.69. The maximum Gasteiger partial charge on any atom is 0.339 e. The number of amides is 1. The Morgan fingerprint density at radius 1 is 0.970 bits per heavy atom. The zero-order chi connectivity index (χ0) is 24.0. The van der Waals surface area contributed by atoms with Crippen LogP contribution >= 0.6 is 0 Å². The summed E-state index contributed by atoms with van der Waals surface area (Å²) in [6.45, 7) is 0.947. The Morgan fingerprint density at radius 2 is 1.67 bits per heavy atom. The Morgan fingerprint density at radius 3 is 2.27 bits per heavy atom. The molecule has 3 aromatic carbocycles. The minimum absolute atomic E-state index is 0.150. The largest absolute Gasteiger partial charge is 0.507 e. The highest BCUT2D eigenvalue weighted by Crippen LogP contribution is 2.28. The third-order valence-electron chi connectivity index (χ3n) is 5.30. The Balaban J connectivity index is 1.71. The van der Waals surface area contributed by atoms with Gasteiger partial charge in [0.2, 0.25) is 0 Å². The van der Waals surface area contributed by atoms with Crippen LogP contribution in [-0.2, 0) is 6.42 Å². The highest BCUT2D eigenvalue weighted by molar-refractivity contribution is 6.04. The number of carboxylic acids is 1. The predicted molar refractivity (Wildman–Crippen MR) is 128 cm³/mol. The van der Waals surface area contributed by atoms with E-state index in [1.165, 1.54) is 12.1 Å². The molecule has 0 bridgehead atoms. The number of aromatic carboxylic acids is 1. The second-order valence-corrected chi connectivity index (χ2v) is 8.00. The maximum atomic E-state index is 12.8. The fraction of sp³-hybridized carbons (Fsp3) is 0.231. The van der Waals surface area contributed by atoms with Gasteiger partial charge >= 0.3 is 5.97 Å². The van der Waals surface area contributed by atoms with Crippen molar-refractivity contribution in [2.24, 2.45) is 0 Å². The SMILES string of the molecule is COc1ccc(C(=O)Nc2ccc(-c3ccc(C(=O)O)c(O)c3)cc2)cc1CCCN(C)C.